The molecule has 1 rings (SSSR count). The Morgan fingerprint density at radius 1 is 0.894 bits per heavy atom. The Labute approximate surface area is 276 Å². The average molecular weight is 674 g/mol. The quantitative estimate of drug-likeness (QED) is 0.0556. The van der Waals surface area contributed by atoms with E-state index in [0.29, 0.717) is 49.8 Å². The standard InChI is InChI=1S/C35H54F3NO8/c1-3-4-5-9-12-20-34(37,38)21-13-10-7-6-8-11-15-29(35(45,33(43)44)22-25-46-2)31(40)39-30(32(41)42)26-27-16-18-28(19-17-27)47-24-14-23-36/h11,15-19,29-30,45H,3-10,12-14,20-26H2,1-2H3,(H,39,40)(H,41,42)(H,43,44)/b15-11+/t29-,30+,35+/m1/s1. The molecule has 0 aromatic heterocycles. The number of carboxylic acid groups (broad SMARTS) is 2. The number of aliphatic carboxylic acids is 2. The van der Waals surface area contributed by atoms with Crippen molar-refractivity contribution >= 4 is 17.8 Å². The van der Waals surface area contributed by atoms with Crippen molar-refractivity contribution in [1.82, 2.24) is 5.32 Å². The number of methoxy groups -OCH3 is 1. The number of carbonyl (C=O) groups excluding carboxylic acids is 1. The number of amides is 1. The summed E-state index contributed by atoms with van der Waals surface area (Å²) in [6.07, 6.45) is 9.32. The van der Waals surface area contributed by atoms with Gasteiger partial charge < -0.3 is 30.1 Å². The van der Waals surface area contributed by atoms with Crippen LogP contribution in [0, 0.1) is 5.92 Å². The first kappa shape index (κ1) is 41.9. The zero-order valence-corrected chi connectivity index (χ0v) is 27.9. The topological polar surface area (TPSA) is 142 Å². The molecule has 268 valence electrons. The van der Waals surface area contributed by atoms with E-state index in [1.54, 1.807) is 30.3 Å². The first-order valence-electron chi connectivity index (χ1n) is 16.7. The number of carboxylic acids is 2. The number of unbranched alkanes of at least 4 members (excludes halogenated alkanes) is 8. The van der Waals surface area contributed by atoms with Crippen LogP contribution in [0.1, 0.15) is 102 Å². The Hall–Kier alpha value is -3.12. The molecule has 0 aliphatic carbocycles. The minimum Gasteiger partial charge on any atom is -0.494 e. The minimum atomic E-state index is -2.67. The van der Waals surface area contributed by atoms with Crippen molar-refractivity contribution in [2.75, 3.05) is 27.0 Å². The molecule has 0 radical (unpaired) electrons. The van der Waals surface area contributed by atoms with Crippen LogP contribution in [0.4, 0.5) is 13.2 Å². The molecule has 12 heteroatoms. The molecule has 3 atom stereocenters. The van der Waals surface area contributed by atoms with Crippen LogP contribution in [0.5, 0.6) is 5.75 Å². The summed E-state index contributed by atoms with van der Waals surface area (Å²) in [5.74, 6) is -7.85. The SMILES string of the molecule is CCCCCCCC(F)(F)CCCCCC/C=C/[C@H](C(=O)N[C@@H](Cc1ccc(OCCCF)cc1)C(=O)O)[C@@](O)(CCOC)C(=O)O. The molecule has 1 aromatic carbocycles. The van der Waals surface area contributed by atoms with E-state index < -0.39 is 54.4 Å². The average Bonchev–Trinajstić information content (AvgIpc) is 3.03. The van der Waals surface area contributed by atoms with Crippen molar-refractivity contribution in [3.05, 3.63) is 42.0 Å². The molecule has 0 saturated heterocycles. The lowest BCUT2D eigenvalue weighted by atomic mass is 9.83. The molecule has 9 nitrogen and oxygen atoms in total. The third kappa shape index (κ3) is 17.0. The molecule has 0 spiro atoms. The second kappa shape index (κ2) is 23.2. The van der Waals surface area contributed by atoms with Gasteiger partial charge in [0.1, 0.15) is 11.8 Å². The summed E-state index contributed by atoms with van der Waals surface area (Å²) >= 11 is 0. The van der Waals surface area contributed by atoms with Crippen LogP contribution >= 0.6 is 0 Å². The number of aliphatic hydroxyl groups is 1. The Kier molecular flexibility index (Phi) is 20.7. The van der Waals surface area contributed by atoms with Crippen LogP contribution in [-0.2, 0) is 25.5 Å². The van der Waals surface area contributed by atoms with Crippen molar-refractivity contribution in [2.45, 2.75) is 121 Å². The highest BCUT2D eigenvalue weighted by molar-refractivity contribution is 5.92. The van der Waals surface area contributed by atoms with Gasteiger partial charge in [-0.05, 0) is 43.4 Å². The Bertz CT molecular complexity index is 1070. The van der Waals surface area contributed by atoms with E-state index in [1.165, 1.54) is 13.2 Å². The summed E-state index contributed by atoms with van der Waals surface area (Å²) in [7, 11) is 1.31. The van der Waals surface area contributed by atoms with Crippen molar-refractivity contribution in [3.63, 3.8) is 0 Å². The third-order valence-corrected chi connectivity index (χ3v) is 8.02. The molecule has 0 fully saturated rings. The van der Waals surface area contributed by atoms with Crippen molar-refractivity contribution in [3.8, 4) is 5.75 Å². The summed E-state index contributed by atoms with van der Waals surface area (Å²) < 4.78 is 50.9. The fourth-order valence-electron chi connectivity index (χ4n) is 5.12. The Balaban J connectivity index is 2.82. The van der Waals surface area contributed by atoms with Crippen molar-refractivity contribution in [2.24, 2.45) is 5.92 Å². The highest BCUT2D eigenvalue weighted by Crippen LogP contribution is 2.29. The van der Waals surface area contributed by atoms with Gasteiger partial charge >= 0.3 is 11.9 Å². The second-order valence-electron chi connectivity index (χ2n) is 12.0. The largest absolute Gasteiger partial charge is 0.494 e. The number of halogens is 3. The molecule has 1 aromatic rings. The van der Waals surface area contributed by atoms with E-state index in [9.17, 15) is 42.9 Å². The maximum Gasteiger partial charge on any atom is 0.336 e. The van der Waals surface area contributed by atoms with E-state index in [0.717, 1.165) is 25.7 Å². The van der Waals surface area contributed by atoms with E-state index in [-0.39, 0.29) is 38.9 Å². The van der Waals surface area contributed by atoms with Crippen molar-refractivity contribution < 1.29 is 52.3 Å². The number of alkyl halides is 3. The van der Waals surface area contributed by atoms with E-state index in [1.807, 2.05) is 0 Å². The Morgan fingerprint density at radius 3 is 2.06 bits per heavy atom. The summed E-state index contributed by atoms with van der Waals surface area (Å²) in [5, 5.41) is 33.2. The van der Waals surface area contributed by atoms with Gasteiger partial charge in [0.15, 0.2) is 5.60 Å². The van der Waals surface area contributed by atoms with Crippen LogP contribution in [-0.4, -0.2) is 77.7 Å². The molecular formula is C35H54F3NO8. The van der Waals surface area contributed by atoms with Gasteiger partial charge in [-0.2, -0.15) is 0 Å². The van der Waals surface area contributed by atoms with Gasteiger partial charge in [0.2, 0.25) is 11.8 Å². The fraction of sp³-hybridized carbons (Fsp3) is 0.686. The first-order chi connectivity index (χ1) is 22.4. The predicted molar refractivity (Wildman–Crippen MR) is 174 cm³/mol. The fourth-order valence-corrected chi connectivity index (χ4v) is 5.12. The van der Waals surface area contributed by atoms with Gasteiger partial charge in [-0.25, -0.2) is 18.4 Å². The van der Waals surface area contributed by atoms with Crippen LogP contribution in [0.25, 0.3) is 0 Å². The number of ether oxygens (including phenoxy) is 2. The molecule has 0 aliphatic heterocycles. The van der Waals surface area contributed by atoms with Crippen LogP contribution < -0.4 is 10.1 Å². The van der Waals surface area contributed by atoms with Gasteiger partial charge in [-0.3, -0.25) is 9.18 Å². The first-order valence-corrected chi connectivity index (χ1v) is 16.7. The molecular weight excluding hydrogens is 619 g/mol. The Morgan fingerprint density at radius 2 is 1.51 bits per heavy atom. The smallest absolute Gasteiger partial charge is 0.336 e. The normalized spacial score (nSPS) is 14.4. The molecule has 0 heterocycles. The van der Waals surface area contributed by atoms with E-state index in [2.05, 4.69) is 12.2 Å². The highest BCUT2D eigenvalue weighted by atomic mass is 19.3. The minimum absolute atomic E-state index is 0.0922. The van der Waals surface area contributed by atoms with Crippen LogP contribution in [0.3, 0.4) is 0 Å². The van der Waals surface area contributed by atoms with Gasteiger partial charge in [-0.15, -0.1) is 0 Å². The number of hydrogen-bond donors (Lipinski definition) is 4. The molecule has 0 unspecified atom stereocenters. The summed E-state index contributed by atoms with van der Waals surface area (Å²) in [5.41, 5.74) is -2.04. The van der Waals surface area contributed by atoms with Crippen LogP contribution in [0.15, 0.2) is 36.4 Å². The van der Waals surface area contributed by atoms with Crippen LogP contribution in [0.2, 0.25) is 0 Å². The third-order valence-electron chi connectivity index (χ3n) is 8.02. The molecule has 0 aliphatic rings. The lowest BCUT2D eigenvalue weighted by Gasteiger charge is -2.30. The molecule has 47 heavy (non-hydrogen) atoms. The zero-order chi connectivity index (χ0) is 35.1. The number of allylic oxidation sites excluding steroid dienone is 1. The second-order valence-corrected chi connectivity index (χ2v) is 12.0. The maximum atomic E-state index is 14.1. The summed E-state index contributed by atoms with van der Waals surface area (Å²) in [6.45, 7) is 1.58. The molecule has 0 saturated carbocycles. The van der Waals surface area contributed by atoms with E-state index in [4.69, 9.17) is 9.47 Å². The molecule has 0 bridgehead atoms. The zero-order valence-electron chi connectivity index (χ0n) is 27.9. The number of benzene rings is 1. The van der Waals surface area contributed by atoms with Crippen molar-refractivity contribution in [1.29, 1.82) is 0 Å². The summed E-state index contributed by atoms with van der Waals surface area (Å²) in [4.78, 5) is 37.6. The lowest BCUT2D eigenvalue weighted by Crippen LogP contribution is -2.55. The van der Waals surface area contributed by atoms with E-state index >= 15 is 0 Å². The van der Waals surface area contributed by atoms with Gasteiger partial charge in [-0.1, -0.05) is 69.7 Å². The number of hydrogen-bond acceptors (Lipinski definition) is 6. The highest BCUT2D eigenvalue weighted by Gasteiger charge is 2.47. The molecule has 1 amide bonds. The number of rotatable bonds is 28. The summed E-state index contributed by atoms with van der Waals surface area (Å²) in [6, 6.07) is 4.95. The number of nitrogens with one attached hydrogen (secondary N) is 1. The molecule has 4 N–H and O–H groups in total. The van der Waals surface area contributed by atoms with Gasteiger partial charge in [0.05, 0.1) is 19.2 Å². The van der Waals surface area contributed by atoms with Gasteiger partial charge in [0, 0.05) is 45.8 Å². The predicted octanol–water partition coefficient (Wildman–Crippen LogP) is 6.90. The lowest BCUT2D eigenvalue weighted by molar-refractivity contribution is -0.168. The monoisotopic (exact) mass is 673 g/mol. The van der Waals surface area contributed by atoms with Gasteiger partial charge in [0.25, 0.3) is 0 Å². The number of carbonyl (C=O) groups is 3. The maximum absolute atomic E-state index is 14.1.